The average Bonchev–Trinajstić information content (AvgIpc) is 2.28. The summed E-state index contributed by atoms with van der Waals surface area (Å²) in [5, 5.41) is 13.1. The lowest BCUT2D eigenvalue weighted by Crippen LogP contribution is -2.03. The average molecular weight is 295 g/mol. The largest absolute Gasteiger partial charge is 0.388 e. The number of hydrogen-bond donors (Lipinski definition) is 1. The van der Waals surface area contributed by atoms with E-state index in [4.69, 9.17) is 40.3 Å². The van der Waals surface area contributed by atoms with Crippen LogP contribution in [-0.2, 0) is 3.79 Å². The van der Waals surface area contributed by atoms with Crippen molar-refractivity contribution in [2.24, 2.45) is 5.11 Å². The summed E-state index contributed by atoms with van der Waals surface area (Å²) in [5.41, 5.74) is 9.33. The zero-order valence-corrected chi connectivity index (χ0v) is 11.0. The highest BCUT2D eigenvalue weighted by Gasteiger charge is 2.22. The number of benzene rings is 1. The molecule has 1 aromatic rings. The second kappa shape index (κ2) is 6.34. The Morgan fingerprint density at radius 3 is 2.35 bits per heavy atom. The molecule has 0 amide bonds. The van der Waals surface area contributed by atoms with Gasteiger partial charge in [-0.15, -0.1) is 0 Å². The van der Waals surface area contributed by atoms with Gasteiger partial charge in [-0.25, -0.2) is 0 Å². The predicted molar refractivity (Wildman–Crippen MR) is 69.3 cm³/mol. The fourth-order valence-corrected chi connectivity index (χ4v) is 1.66. The summed E-state index contributed by atoms with van der Waals surface area (Å²) < 4.78 is -1.46. The van der Waals surface area contributed by atoms with Crippen molar-refractivity contribution in [1.29, 1.82) is 0 Å². The lowest BCUT2D eigenvalue weighted by atomic mass is 10.1. The van der Waals surface area contributed by atoms with Crippen LogP contribution in [0.1, 0.15) is 23.7 Å². The van der Waals surface area contributed by atoms with Crippen molar-refractivity contribution in [1.82, 2.24) is 0 Å². The maximum absolute atomic E-state index is 9.76. The summed E-state index contributed by atoms with van der Waals surface area (Å²) in [5.74, 6) is 0. The number of nitrogens with zero attached hydrogens (tertiary/aromatic N) is 3. The fourth-order valence-electron chi connectivity index (χ4n) is 1.29. The van der Waals surface area contributed by atoms with Gasteiger partial charge in [0.1, 0.15) is 0 Å². The van der Waals surface area contributed by atoms with Crippen LogP contribution in [0.5, 0.6) is 0 Å². The quantitative estimate of drug-likeness (QED) is 0.383. The molecule has 0 fully saturated rings. The summed E-state index contributed by atoms with van der Waals surface area (Å²) in [6.45, 7) is 0.240. The SMILES string of the molecule is [N-]=[N+]=NCCC(O)c1ccc(C(Cl)(Cl)Cl)cc1. The van der Waals surface area contributed by atoms with E-state index < -0.39 is 9.90 Å². The molecule has 17 heavy (non-hydrogen) atoms. The van der Waals surface area contributed by atoms with E-state index >= 15 is 0 Å². The molecule has 0 heterocycles. The van der Waals surface area contributed by atoms with Gasteiger partial charge in [0.15, 0.2) is 0 Å². The maximum Gasteiger partial charge on any atom is 0.216 e. The van der Waals surface area contributed by atoms with Gasteiger partial charge < -0.3 is 5.11 Å². The summed E-state index contributed by atoms with van der Waals surface area (Å²) in [6, 6.07) is 6.63. The van der Waals surface area contributed by atoms with Gasteiger partial charge in [-0.2, -0.15) is 0 Å². The topological polar surface area (TPSA) is 69.0 Å². The van der Waals surface area contributed by atoms with Crippen LogP contribution in [0.3, 0.4) is 0 Å². The van der Waals surface area contributed by atoms with Gasteiger partial charge in [-0.1, -0.05) is 64.2 Å². The van der Waals surface area contributed by atoms with Crippen LogP contribution in [0.4, 0.5) is 0 Å². The second-order valence-electron chi connectivity index (χ2n) is 3.38. The van der Waals surface area contributed by atoms with E-state index in [0.717, 1.165) is 0 Å². The van der Waals surface area contributed by atoms with Crippen molar-refractivity contribution in [3.05, 3.63) is 45.8 Å². The summed E-state index contributed by atoms with van der Waals surface area (Å²) in [6.07, 6.45) is -0.332. The fraction of sp³-hybridized carbons (Fsp3) is 0.400. The number of hydrogen-bond acceptors (Lipinski definition) is 2. The monoisotopic (exact) mass is 293 g/mol. The third-order valence-corrected chi connectivity index (χ3v) is 2.84. The molecule has 0 bridgehead atoms. The number of alkyl halides is 3. The van der Waals surface area contributed by atoms with Gasteiger partial charge >= 0.3 is 0 Å². The number of azide groups is 1. The molecular formula is C10H10Cl3N3O. The molecule has 0 aliphatic rings. The molecule has 0 radical (unpaired) electrons. The lowest BCUT2D eigenvalue weighted by molar-refractivity contribution is 0.170. The standard InChI is InChI=1S/C10H10Cl3N3O/c11-10(12,13)8-3-1-7(2-4-8)9(17)5-6-15-16-14/h1-4,9,17H,5-6H2. The molecule has 0 saturated heterocycles. The number of halogens is 3. The van der Waals surface area contributed by atoms with Crippen LogP contribution in [0.25, 0.3) is 10.4 Å². The Balaban J connectivity index is 2.70. The first-order valence-electron chi connectivity index (χ1n) is 4.81. The van der Waals surface area contributed by atoms with Crippen molar-refractivity contribution in [3.63, 3.8) is 0 Å². The molecule has 0 aliphatic heterocycles. The summed E-state index contributed by atoms with van der Waals surface area (Å²) >= 11 is 17.1. The molecule has 0 spiro atoms. The summed E-state index contributed by atoms with van der Waals surface area (Å²) in [7, 11) is 0. The molecule has 0 saturated carbocycles. The van der Waals surface area contributed by atoms with Crippen LogP contribution in [0.15, 0.2) is 29.4 Å². The minimum absolute atomic E-state index is 0.240. The van der Waals surface area contributed by atoms with E-state index in [1.54, 1.807) is 24.3 Å². The van der Waals surface area contributed by atoms with Crippen molar-refractivity contribution >= 4 is 34.8 Å². The zero-order chi connectivity index (χ0) is 12.9. The zero-order valence-electron chi connectivity index (χ0n) is 8.72. The Morgan fingerprint density at radius 2 is 1.88 bits per heavy atom. The maximum atomic E-state index is 9.76. The molecule has 92 valence electrons. The van der Waals surface area contributed by atoms with E-state index in [1.165, 1.54) is 0 Å². The first-order chi connectivity index (χ1) is 7.95. The molecule has 7 heteroatoms. The highest BCUT2D eigenvalue weighted by Crippen LogP contribution is 2.38. The number of rotatable bonds is 4. The van der Waals surface area contributed by atoms with E-state index in [2.05, 4.69) is 10.0 Å². The summed E-state index contributed by atoms with van der Waals surface area (Å²) in [4.78, 5) is 2.61. The number of aliphatic hydroxyl groups excluding tert-OH is 1. The third-order valence-electron chi connectivity index (χ3n) is 2.19. The van der Waals surface area contributed by atoms with Crippen molar-refractivity contribution in [2.75, 3.05) is 6.54 Å². The van der Waals surface area contributed by atoms with Crippen LogP contribution < -0.4 is 0 Å². The molecule has 0 aromatic heterocycles. The van der Waals surface area contributed by atoms with Gasteiger partial charge in [-0.05, 0) is 17.5 Å². The van der Waals surface area contributed by atoms with Crippen LogP contribution in [-0.4, -0.2) is 11.7 Å². The molecule has 1 rings (SSSR count). The van der Waals surface area contributed by atoms with Gasteiger partial charge in [0.2, 0.25) is 3.79 Å². The molecule has 1 aromatic carbocycles. The molecule has 1 N–H and O–H groups in total. The molecule has 1 atom stereocenters. The lowest BCUT2D eigenvalue weighted by Gasteiger charge is -2.14. The third kappa shape index (κ3) is 4.62. The van der Waals surface area contributed by atoms with Crippen LogP contribution >= 0.6 is 34.8 Å². The first kappa shape index (κ1) is 14.4. The van der Waals surface area contributed by atoms with Gasteiger partial charge in [0, 0.05) is 17.0 Å². The smallest absolute Gasteiger partial charge is 0.216 e. The van der Waals surface area contributed by atoms with Crippen LogP contribution in [0, 0.1) is 0 Å². The van der Waals surface area contributed by atoms with Crippen LogP contribution in [0.2, 0.25) is 0 Å². The minimum atomic E-state index is -1.46. The molecular weight excluding hydrogens is 284 g/mol. The van der Waals surface area contributed by atoms with Crippen molar-refractivity contribution < 1.29 is 5.11 Å². The van der Waals surface area contributed by atoms with E-state index in [1.807, 2.05) is 0 Å². The highest BCUT2D eigenvalue weighted by molar-refractivity contribution is 6.66. The Kier molecular flexibility index (Phi) is 5.37. The Labute approximate surface area is 114 Å². The Bertz CT molecular complexity index is 410. The van der Waals surface area contributed by atoms with E-state index in [9.17, 15) is 5.11 Å². The molecule has 4 nitrogen and oxygen atoms in total. The number of aliphatic hydroxyl groups is 1. The van der Waals surface area contributed by atoms with Gasteiger partial charge in [-0.3, -0.25) is 0 Å². The Hall–Kier alpha value is -0.640. The highest BCUT2D eigenvalue weighted by atomic mass is 35.6. The minimum Gasteiger partial charge on any atom is -0.388 e. The molecule has 1 unspecified atom stereocenters. The first-order valence-corrected chi connectivity index (χ1v) is 5.94. The Morgan fingerprint density at radius 1 is 1.29 bits per heavy atom. The van der Waals surface area contributed by atoms with Crippen molar-refractivity contribution in [2.45, 2.75) is 16.3 Å². The molecule has 0 aliphatic carbocycles. The van der Waals surface area contributed by atoms with Gasteiger partial charge in [0.25, 0.3) is 0 Å². The normalized spacial score (nSPS) is 12.9. The predicted octanol–water partition coefficient (Wildman–Crippen LogP) is 4.25. The van der Waals surface area contributed by atoms with E-state index in [-0.39, 0.29) is 6.54 Å². The van der Waals surface area contributed by atoms with Gasteiger partial charge in [0.05, 0.1) is 6.10 Å². The van der Waals surface area contributed by atoms with Crippen molar-refractivity contribution in [3.8, 4) is 0 Å². The second-order valence-corrected chi connectivity index (χ2v) is 5.66. The van der Waals surface area contributed by atoms with E-state index in [0.29, 0.717) is 17.5 Å².